The van der Waals surface area contributed by atoms with Gasteiger partial charge in [-0.3, -0.25) is 9.78 Å². The molecule has 2 aromatic carbocycles. The second-order valence-electron chi connectivity index (χ2n) is 5.58. The maximum Gasteiger partial charge on any atom is 0.255 e. The number of hydrogen-bond acceptors (Lipinski definition) is 2. The molecule has 0 aliphatic heterocycles. The fourth-order valence-electron chi connectivity index (χ4n) is 2.47. The van der Waals surface area contributed by atoms with Gasteiger partial charge >= 0.3 is 0 Å². The second-order valence-corrected chi connectivity index (χ2v) is 5.58. The molecule has 1 aromatic heterocycles. The van der Waals surface area contributed by atoms with Crippen LogP contribution in [0, 0.1) is 20.8 Å². The van der Waals surface area contributed by atoms with Gasteiger partial charge in [-0.25, -0.2) is 0 Å². The van der Waals surface area contributed by atoms with Gasteiger partial charge < -0.3 is 5.32 Å². The molecule has 1 amide bonds. The molecular formula is C19H18N2O. The number of aromatic nitrogens is 1. The fourth-order valence-corrected chi connectivity index (χ4v) is 2.47. The molecule has 3 rings (SSSR count). The molecular weight excluding hydrogens is 272 g/mol. The number of fused-ring (bicyclic) bond motifs is 1. The summed E-state index contributed by atoms with van der Waals surface area (Å²) in [4.78, 5) is 16.8. The lowest BCUT2D eigenvalue weighted by molar-refractivity contribution is 0.102. The lowest BCUT2D eigenvalue weighted by Gasteiger charge is -2.11. The molecule has 0 atom stereocenters. The van der Waals surface area contributed by atoms with E-state index in [1.807, 2.05) is 43.3 Å². The lowest BCUT2D eigenvalue weighted by Crippen LogP contribution is -2.12. The Morgan fingerprint density at radius 2 is 1.68 bits per heavy atom. The number of rotatable bonds is 2. The number of aryl methyl sites for hydroxylation is 3. The van der Waals surface area contributed by atoms with Crippen LogP contribution in [0.1, 0.15) is 27.0 Å². The minimum Gasteiger partial charge on any atom is -0.321 e. The molecule has 22 heavy (non-hydrogen) atoms. The smallest absolute Gasteiger partial charge is 0.255 e. The highest BCUT2D eigenvalue weighted by atomic mass is 16.1. The number of nitrogens with one attached hydrogen (secondary N) is 1. The first-order valence-electron chi connectivity index (χ1n) is 7.29. The minimum absolute atomic E-state index is 0.106. The van der Waals surface area contributed by atoms with Gasteiger partial charge in [0.25, 0.3) is 5.91 Å². The summed E-state index contributed by atoms with van der Waals surface area (Å²) in [6.45, 7) is 6.12. The van der Waals surface area contributed by atoms with Gasteiger partial charge in [0.2, 0.25) is 0 Å². The molecule has 0 aliphatic rings. The summed E-state index contributed by atoms with van der Waals surface area (Å²) in [5.74, 6) is -0.106. The van der Waals surface area contributed by atoms with E-state index in [-0.39, 0.29) is 5.91 Å². The van der Waals surface area contributed by atoms with Crippen molar-refractivity contribution in [3.63, 3.8) is 0 Å². The molecule has 1 N–H and O–H groups in total. The van der Waals surface area contributed by atoms with Crippen molar-refractivity contribution in [2.75, 3.05) is 5.32 Å². The van der Waals surface area contributed by atoms with Gasteiger partial charge in [0.05, 0.1) is 11.2 Å². The third-order valence-corrected chi connectivity index (χ3v) is 4.00. The molecule has 3 nitrogen and oxygen atoms in total. The molecule has 3 aromatic rings. The summed E-state index contributed by atoms with van der Waals surface area (Å²) in [6.07, 6.45) is 1.74. The van der Waals surface area contributed by atoms with Gasteiger partial charge in [-0.15, -0.1) is 0 Å². The first kappa shape index (κ1) is 14.3. The average Bonchev–Trinajstić information content (AvgIpc) is 2.52. The van der Waals surface area contributed by atoms with Crippen LogP contribution in [0.4, 0.5) is 5.69 Å². The van der Waals surface area contributed by atoms with E-state index in [9.17, 15) is 4.79 Å². The van der Waals surface area contributed by atoms with Crippen molar-refractivity contribution in [1.29, 1.82) is 0 Å². The molecule has 0 saturated heterocycles. The molecule has 0 fully saturated rings. The van der Waals surface area contributed by atoms with Crippen LogP contribution < -0.4 is 5.32 Å². The minimum atomic E-state index is -0.106. The Labute approximate surface area is 130 Å². The van der Waals surface area contributed by atoms with Crippen molar-refractivity contribution in [2.24, 2.45) is 0 Å². The number of hydrogen-bond donors (Lipinski definition) is 1. The summed E-state index contributed by atoms with van der Waals surface area (Å²) >= 11 is 0. The monoisotopic (exact) mass is 290 g/mol. The molecule has 0 saturated carbocycles. The lowest BCUT2D eigenvalue weighted by atomic mass is 10.0. The number of nitrogens with zero attached hydrogens (tertiary/aromatic N) is 1. The van der Waals surface area contributed by atoms with E-state index in [1.165, 1.54) is 5.56 Å². The summed E-state index contributed by atoms with van der Waals surface area (Å²) in [5, 5.41) is 3.95. The van der Waals surface area contributed by atoms with Crippen molar-refractivity contribution in [1.82, 2.24) is 4.98 Å². The average molecular weight is 290 g/mol. The topological polar surface area (TPSA) is 42.0 Å². The number of anilines is 1. The molecule has 0 radical (unpaired) electrons. The van der Waals surface area contributed by atoms with Crippen molar-refractivity contribution >= 4 is 22.5 Å². The highest BCUT2D eigenvalue weighted by Crippen LogP contribution is 2.26. The van der Waals surface area contributed by atoms with E-state index in [0.717, 1.165) is 27.7 Å². The maximum absolute atomic E-state index is 12.4. The summed E-state index contributed by atoms with van der Waals surface area (Å²) < 4.78 is 0. The molecule has 3 heteroatoms. The molecule has 0 unspecified atom stereocenters. The first-order valence-corrected chi connectivity index (χ1v) is 7.29. The van der Waals surface area contributed by atoms with Gasteiger partial charge in [-0.05, 0) is 50.1 Å². The molecule has 0 aliphatic carbocycles. The predicted molar refractivity (Wildman–Crippen MR) is 90.3 cm³/mol. The van der Waals surface area contributed by atoms with Crippen molar-refractivity contribution in [3.8, 4) is 0 Å². The van der Waals surface area contributed by atoms with E-state index in [1.54, 1.807) is 6.20 Å². The zero-order valence-corrected chi connectivity index (χ0v) is 13.0. The fraction of sp³-hybridized carbons (Fsp3) is 0.158. The largest absolute Gasteiger partial charge is 0.321 e. The van der Waals surface area contributed by atoms with Crippen LogP contribution >= 0.6 is 0 Å². The predicted octanol–water partition coefficient (Wildman–Crippen LogP) is 4.41. The zero-order valence-electron chi connectivity index (χ0n) is 13.0. The molecule has 0 bridgehead atoms. The summed E-state index contributed by atoms with van der Waals surface area (Å²) in [7, 11) is 0. The normalized spacial score (nSPS) is 10.7. The highest BCUT2D eigenvalue weighted by Gasteiger charge is 2.10. The van der Waals surface area contributed by atoms with Crippen LogP contribution in [0.5, 0.6) is 0 Å². The molecule has 110 valence electrons. The molecule has 0 spiro atoms. The van der Waals surface area contributed by atoms with Gasteiger partial charge in [-0.2, -0.15) is 0 Å². The SMILES string of the molecule is Cc1ccc(C(=O)Nc2ccnc3c(C)c(C)ccc23)cc1. The third-order valence-electron chi connectivity index (χ3n) is 4.00. The van der Waals surface area contributed by atoms with E-state index in [0.29, 0.717) is 5.56 Å². The van der Waals surface area contributed by atoms with Crippen molar-refractivity contribution < 1.29 is 4.79 Å². The number of amides is 1. The maximum atomic E-state index is 12.4. The van der Waals surface area contributed by atoms with E-state index in [2.05, 4.69) is 30.2 Å². The van der Waals surface area contributed by atoms with Crippen LogP contribution in [0.15, 0.2) is 48.7 Å². The van der Waals surface area contributed by atoms with Gasteiger partial charge in [0.15, 0.2) is 0 Å². The van der Waals surface area contributed by atoms with Gasteiger partial charge in [-0.1, -0.05) is 29.8 Å². The second kappa shape index (κ2) is 5.60. The Bertz CT molecular complexity index is 851. The van der Waals surface area contributed by atoms with Crippen LogP contribution in [0.2, 0.25) is 0 Å². The standard InChI is InChI=1S/C19H18N2O/c1-12-4-7-15(8-5-12)19(22)21-17-10-11-20-18-14(3)13(2)6-9-16(17)18/h4-11H,1-3H3,(H,20,21,22). The Balaban J connectivity index is 1.99. The number of carbonyl (C=O) groups excluding carboxylic acids is 1. The third kappa shape index (κ3) is 2.58. The number of pyridine rings is 1. The Morgan fingerprint density at radius 3 is 2.41 bits per heavy atom. The van der Waals surface area contributed by atoms with E-state index >= 15 is 0 Å². The van der Waals surface area contributed by atoms with Crippen LogP contribution in [0.25, 0.3) is 10.9 Å². The number of benzene rings is 2. The Hall–Kier alpha value is -2.68. The van der Waals surface area contributed by atoms with Crippen molar-refractivity contribution in [2.45, 2.75) is 20.8 Å². The first-order chi connectivity index (χ1) is 10.6. The Kier molecular flexibility index (Phi) is 3.63. The van der Waals surface area contributed by atoms with E-state index < -0.39 is 0 Å². The van der Waals surface area contributed by atoms with Crippen LogP contribution in [0.3, 0.4) is 0 Å². The van der Waals surface area contributed by atoms with E-state index in [4.69, 9.17) is 0 Å². The van der Waals surface area contributed by atoms with Crippen LogP contribution in [-0.2, 0) is 0 Å². The summed E-state index contributed by atoms with van der Waals surface area (Å²) in [5.41, 5.74) is 5.85. The number of carbonyl (C=O) groups is 1. The van der Waals surface area contributed by atoms with Gasteiger partial charge in [0.1, 0.15) is 0 Å². The van der Waals surface area contributed by atoms with Gasteiger partial charge in [0, 0.05) is 17.1 Å². The Morgan fingerprint density at radius 1 is 0.955 bits per heavy atom. The quantitative estimate of drug-likeness (QED) is 0.759. The molecule has 1 heterocycles. The zero-order chi connectivity index (χ0) is 15.7. The summed E-state index contributed by atoms with van der Waals surface area (Å²) in [6, 6.07) is 13.5. The van der Waals surface area contributed by atoms with Crippen LogP contribution in [-0.4, -0.2) is 10.9 Å². The van der Waals surface area contributed by atoms with Crippen molar-refractivity contribution in [3.05, 3.63) is 70.9 Å². The highest BCUT2D eigenvalue weighted by molar-refractivity contribution is 6.08.